The van der Waals surface area contributed by atoms with E-state index in [1.165, 1.54) is 18.2 Å². The maximum absolute atomic E-state index is 11.9. The van der Waals surface area contributed by atoms with Crippen molar-refractivity contribution in [2.75, 3.05) is 6.61 Å². The van der Waals surface area contributed by atoms with E-state index in [2.05, 4.69) is 5.32 Å². The summed E-state index contributed by atoms with van der Waals surface area (Å²) in [6, 6.07) is 5.76. The molecule has 2 N–H and O–H groups in total. The molecule has 2 rings (SSSR count). The Labute approximate surface area is 126 Å². The fourth-order valence-corrected chi connectivity index (χ4v) is 2.44. The molecule has 1 saturated carbocycles. The van der Waals surface area contributed by atoms with Crippen LogP contribution < -0.4 is 10.1 Å². The first-order valence-corrected chi connectivity index (χ1v) is 6.81. The van der Waals surface area contributed by atoms with Crippen molar-refractivity contribution in [3.8, 4) is 5.75 Å². The van der Waals surface area contributed by atoms with Gasteiger partial charge in [0, 0.05) is 6.07 Å². The number of para-hydroxylation sites is 2. The number of nitro benzene ring substituents is 1. The van der Waals surface area contributed by atoms with Gasteiger partial charge in [-0.2, -0.15) is 0 Å². The highest BCUT2D eigenvalue weighted by Crippen LogP contribution is 2.35. The molecule has 1 fully saturated rings. The summed E-state index contributed by atoms with van der Waals surface area (Å²) >= 11 is 0. The predicted octanol–water partition coefficient (Wildman–Crippen LogP) is 1.49. The molecule has 8 heteroatoms. The molecule has 0 unspecified atom stereocenters. The van der Waals surface area contributed by atoms with Crippen LogP contribution in [0.15, 0.2) is 24.3 Å². The van der Waals surface area contributed by atoms with E-state index in [4.69, 9.17) is 9.84 Å². The second kappa shape index (κ2) is 6.42. The Hall–Kier alpha value is -2.64. The van der Waals surface area contributed by atoms with Crippen molar-refractivity contribution in [3.05, 3.63) is 34.4 Å². The average Bonchev–Trinajstić information content (AvgIpc) is 2.42. The van der Waals surface area contributed by atoms with Crippen LogP contribution in [-0.4, -0.2) is 34.1 Å². The van der Waals surface area contributed by atoms with E-state index in [-0.39, 0.29) is 17.9 Å². The Kier molecular flexibility index (Phi) is 4.59. The lowest BCUT2D eigenvalue weighted by molar-refractivity contribution is -0.385. The number of ether oxygens (including phenoxy) is 1. The Balaban J connectivity index is 1.93. The van der Waals surface area contributed by atoms with Crippen LogP contribution in [0.4, 0.5) is 5.69 Å². The molecule has 0 radical (unpaired) electrons. The lowest BCUT2D eigenvalue weighted by atomic mass is 9.74. The number of nitrogens with zero attached hydrogens (tertiary/aromatic N) is 1. The molecule has 0 heterocycles. The molecule has 0 bridgehead atoms. The molecule has 1 aromatic carbocycles. The zero-order chi connectivity index (χ0) is 16.2. The van der Waals surface area contributed by atoms with E-state index < -0.39 is 28.9 Å². The molecule has 0 saturated heterocycles. The normalized spacial score (nSPS) is 15.5. The zero-order valence-corrected chi connectivity index (χ0v) is 11.8. The molecule has 1 aliphatic carbocycles. The predicted molar refractivity (Wildman–Crippen MR) is 75.6 cm³/mol. The molecule has 0 aromatic heterocycles. The van der Waals surface area contributed by atoms with Gasteiger partial charge < -0.3 is 15.2 Å². The van der Waals surface area contributed by atoms with Gasteiger partial charge in [-0.25, -0.2) is 0 Å². The summed E-state index contributed by atoms with van der Waals surface area (Å²) in [5.74, 6) is -1.46. The fraction of sp³-hybridized carbons (Fsp3) is 0.429. The fourth-order valence-electron chi connectivity index (χ4n) is 2.44. The molecule has 0 atom stereocenters. The van der Waals surface area contributed by atoms with Crippen LogP contribution in [0.2, 0.25) is 0 Å². The van der Waals surface area contributed by atoms with Crippen molar-refractivity contribution in [3.63, 3.8) is 0 Å². The monoisotopic (exact) mass is 308 g/mol. The van der Waals surface area contributed by atoms with Crippen molar-refractivity contribution in [2.45, 2.75) is 31.2 Å². The first kappa shape index (κ1) is 15.7. The highest BCUT2D eigenvalue weighted by atomic mass is 16.6. The van der Waals surface area contributed by atoms with Gasteiger partial charge in [-0.05, 0) is 25.3 Å². The largest absolute Gasteiger partial charge is 0.481 e. The topological polar surface area (TPSA) is 119 Å². The summed E-state index contributed by atoms with van der Waals surface area (Å²) < 4.78 is 5.18. The summed E-state index contributed by atoms with van der Waals surface area (Å²) in [5, 5.41) is 22.4. The Morgan fingerprint density at radius 2 is 2.05 bits per heavy atom. The second-order valence-corrected chi connectivity index (χ2v) is 5.27. The number of nitrogens with one attached hydrogen (secondary N) is 1. The number of carbonyl (C=O) groups is 2. The lowest BCUT2D eigenvalue weighted by Crippen LogP contribution is -2.55. The number of hydrogen-bond acceptors (Lipinski definition) is 5. The van der Waals surface area contributed by atoms with Gasteiger partial charge in [-0.1, -0.05) is 12.1 Å². The molecule has 8 nitrogen and oxygen atoms in total. The number of benzene rings is 1. The Morgan fingerprint density at radius 3 is 2.59 bits per heavy atom. The highest BCUT2D eigenvalue weighted by molar-refractivity contribution is 5.80. The molecular formula is C14H16N2O6. The summed E-state index contributed by atoms with van der Waals surface area (Å²) in [4.78, 5) is 33.0. The summed E-state index contributed by atoms with van der Waals surface area (Å²) in [7, 11) is 0. The maximum atomic E-state index is 11.9. The van der Waals surface area contributed by atoms with Gasteiger partial charge in [0.1, 0.15) is 0 Å². The van der Waals surface area contributed by atoms with Gasteiger partial charge >= 0.3 is 11.7 Å². The standard InChI is InChI=1S/C14H16N2O6/c17-12(15-14(6-3-7-14)8-13(18)19)9-22-11-5-2-1-4-10(11)16(20)21/h1-2,4-5H,3,6-9H2,(H,15,17)(H,18,19). The lowest BCUT2D eigenvalue weighted by Gasteiger charge is -2.41. The maximum Gasteiger partial charge on any atom is 0.310 e. The minimum absolute atomic E-state index is 0.00328. The highest BCUT2D eigenvalue weighted by Gasteiger charge is 2.40. The van der Waals surface area contributed by atoms with Gasteiger partial charge in [0.2, 0.25) is 0 Å². The van der Waals surface area contributed by atoms with Gasteiger partial charge in [-0.15, -0.1) is 0 Å². The number of aliphatic carboxylic acids is 1. The Bertz CT molecular complexity index is 597. The smallest absolute Gasteiger partial charge is 0.310 e. The molecule has 1 aromatic rings. The van der Waals surface area contributed by atoms with E-state index >= 15 is 0 Å². The second-order valence-electron chi connectivity index (χ2n) is 5.27. The van der Waals surface area contributed by atoms with Crippen LogP contribution in [-0.2, 0) is 9.59 Å². The van der Waals surface area contributed by atoms with Crippen molar-refractivity contribution in [1.82, 2.24) is 5.32 Å². The minimum atomic E-state index is -0.973. The molecular weight excluding hydrogens is 292 g/mol. The average molecular weight is 308 g/mol. The van der Waals surface area contributed by atoms with Crippen LogP contribution in [0.25, 0.3) is 0 Å². The third-order valence-electron chi connectivity index (χ3n) is 3.63. The van der Waals surface area contributed by atoms with Crippen molar-refractivity contribution < 1.29 is 24.4 Å². The van der Waals surface area contributed by atoms with Gasteiger partial charge in [0.05, 0.1) is 16.9 Å². The molecule has 1 aliphatic rings. The number of amides is 1. The van der Waals surface area contributed by atoms with Crippen molar-refractivity contribution >= 4 is 17.6 Å². The quantitative estimate of drug-likeness (QED) is 0.582. The number of carbonyl (C=O) groups excluding carboxylic acids is 1. The number of nitro groups is 1. The number of carboxylic acids is 1. The number of carboxylic acid groups (broad SMARTS) is 1. The van der Waals surface area contributed by atoms with E-state index in [9.17, 15) is 19.7 Å². The zero-order valence-electron chi connectivity index (χ0n) is 11.8. The number of hydrogen-bond donors (Lipinski definition) is 2. The van der Waals surface area contributed by atoms with Crippen LogP contribution in [0.1, 0.15) is 25.7 Å². The van der Waals surface area contributed by atoms with E-state index in [0.717, 1.165) is 6.42 Å². The van der Waals surface area contributed by atoms with Gasteiger partial charge in [0.15, 0.2) is 12.4 Å². The van der Waals surface area contributed by atoms with Crippen LogP contribution in [0.3, 0.4) is 0 Å². The van der Waals surface area contributed by atoms with Gasteiger partial charge in [-0.3, -0.25) is 19.7 Å². The van der Waals surface area contributed by atoms with Crippen LogP contribution >= 0.6 is 0 Å². The third-order valence-corrected chi connectivity index (χ3v) is 3.63. The molecule has 0 spiro atoms. The Morgan fingerprint density at radius 1 is 1.36 bits per heavy atom. The van der Waals surface area contributed by atoms with Gasteiger partial charge in [0.25, 0.3) is 5.91 Å². The summed E-state index contributed by atoms with van der Waals surface area (Å²) in [5.41, 5.74) is -0.936. The van der Waals surface area contributed by atoms with E-state index in [0.29, 0.717) is 12.8 Å². The van der Waals surface area contributed by atoms with Crippen molar-refractivity contribution in [2.24, 2.45) is 0 Å². The van der Waals surface area contributed by atoms with Crippen LogP contribution in [0, 0.1) is 10.1 Å². The van der Waals surface area contributed by atoms with Crippen LogP contribution in [0.5, 0.6) is 5.75 Å². The summed E-state index contributed by atoms with van der Waals surface area (Å²) in [6.07, 6.45) is 1.94. The number of rotatable bonds is 7. The molecule has 0 aliphatic heterocycles. The third kappa shape index (κ3) is 3.72. The molecule has 22 heavy (non-hydrogen) atoms. The minimum Gasteiger partial charge on any atom is -0.481 e. The summed E-state index contributed by atoms with van der Waals surface area (Å²) in [6.45, 7) is -0.397. The molecule has 118 valence electrons. The molecule has 1 amide bonds. The van der Waals surface area contributed by atoms with E-state index in [1.54, 1.807) is 6.07 Å². The first-order valence-electron chi connectivity index (χ1n) is 6.81. The van der Waals surface area contributed by atoms with Crippen molar-refractivity contribution in [1.29, 1.82) is 0 Å². The van der Waals surface area contributed by atoms with E-state index in [1.807, 2.05) is 0 Å². The first-order chi connectivity index (χ1) is 10.4. The SMILES string of the molecule is O=C(O)CC1(NC(=O)COc2ccccc2[N+](=O)[O-])CCC1.